The Kier molecular flexibility index (Phi) is 7.90. The minimum absolute atomic E-state index is 0.0523. The van der Waals surface area contributed by atoms with E-state index < -0.39 is 0 Å². The van der Waals surface area contributed by atoms with Crippen molar-refractivity contribution in [2.75, 3.05) is 32.8 Å². The highest BCUT2D eigenvalue weighted by Crippen LogP contribution is 2.13. The second-order valence-corrected chi connectivity index (χ2v) is 5.83. The molecule has 1 N–H and O–H groups in total. The summed E-state index contributed by atoms with van der Waals surface area (Å²) < 4.78 is 11.5. The van der Waals surface area contributed by atoms with Gasteiger partial charge in [-0.05, 0) is 24.8 Å². The van der Waals surface area contributed by atoms with Crippen molar-refractivity contribution in [1.29, 1.82) is 0 Å². The van der Waals surface area contributed by atoms with E-state index >= 15 is 0 Å². The number of carbonyl (C=O) groups excluding carboxylic acids is 1. The van der Waals surface area contributed by atoms with Crippen LogP contribution in [0.15, 0.2) is 30.3 Å². The molecule has 2 amide bonds. The molecule has 1 aromatic rings. The van der Waals surface area contributed by atoms with Crippen molar-refractivity contribution in [3.63, 3.8) is 0 Å². The topological polar surface area (TPSA) is 50.8 Å². The van der Waals surface area contributed by atoms with Crippen molar-refractivity contribution >= 4 is 6.03 Å². The highest BCUT2D eigenvalue weighted by Gasteiger charge is 2.22. The van der Waals surface area contributed by atoms with E-state index in [1.807, 2.05) is 23.1 Å². The van der Waals surface area contributed by atoms with Crippen molar-refractivity contribution in [3.05, 3.63) is 35.9 Å². The highest BCUT2D eigenvalue weighted by molar-refractivity contribution is 5.74. The fourth-order valence-electron chi connectivity index (χ4n) is 2.61. The van der Waals surface area contributed by atoms with Gasteiger partial charge in [-0.15, -0.1) is 0 Å². The van der Waals surface area contributed by atoms with Gasteiger partial charge in [0.1, 0.15) is 0 Å². The second-order valence-electron chi connectivity index (χ2n) is 5.83. The Morgan fingerprint density at radius 1 is 1.22 bits per heavy atom. The minimum atomic E-state index is 0.0523. The zero-order valence-electron chi connectivity index (χ0n) is 14.0. The van der Waals surface area contributed by atoms with E-state index in [0.29, 0.717) is 19.8 Å². The number of nitrogens with one attached hydrogen (secondary N) is 1. The summed E-state index contributed by atoms with van der Waals surface area (Å²) in [4.78, 5) is 13.7. The average Bonchev–Trinajstić information content (AvgIpc) is 2.61. The number of likely N-dealkylation sites (tertiary alicyclic amines) is 1. The summed E-state index contributed by atoms with van der Waals surface area (Å²) in [5, 5.41) is 2.92. The van der Waals surface area contributed by atoms with Gasteiger partial charge in [0.2, 0.25) is 0 Å². The van der Waals surface area contributed by atoms with Gasteiger partial charge in [0.05, 0.1) is 25.9 Å². The van der Waals surface area contributed by atoms with Crippen LogP contribution in [0.5, 0.6) is 0 Å². The van der Waals surface area contributed by atoms with E-state index in [1.165, 1.54) is 5.56 Å². The van der Waals surface area contributed by atoms with Crippen molar-refractivity contribution in [1.82, 2.24) is 10.2 Å². The predicted octanol–water partition coefficient (Wildman–Crippen LogP) is 2.80. The first-order chi connectivity index (χ1) is 11.3. The Hall–Kier alpha value is -1.59. The van der Waals surface area contributed by atoms with Crippen LogP contribution < -0.4 is 5.32 Å². The van der Waals surface area contributed by atoms with Gasteiger partial charge in [-0.3, -0.25) is 0 Å². The fourth-order valence-corrected chi connectivity index (χ4v) is 2.61. The summed E-state index contributed by atoms with van der Waals surface area (Å²) in [5.74, 6) is 0. The Balaban J connectivity index is 1.52. The van der Waals surface area contributed by atoms with E-state index in [9.17, 15) is 4.79 Å². The van der Waals surface area contributed by atoms with Gasteiger partial charge in [-0.1, -0.05) is 37.3 Å². The minimum Gasteiger partial charge on any atom is -0.376 e. The van der Waals surface area contributed by atoms with Crippen molar-refractivity contribution in [2.45, 2.75) is 38.9 Å². The molecular weight excluding hydrogens is 292 g/mol. The number of piperidine rings is 1. The summed E-state index contributed by atoms with van der Waals surface area (Å²) in [6.07, 6.45) is 3.01. The molecule has 2 rings (SSSR count). The molecule has 0 saturated carbocycles. The first kappa shape index (κ1) is 17.8. The van der Waals surface area contributed by atoms with Gasteiger partial charge in [0.25, 0.3) is 0 Å². The normalized spacial score (nSPS) is 15.6. The third-order valence-corrected chi connectivity index (χ3v) is 3.95. The van der Waals surface area contributed by atoms with Gasteiger partial charge in [-0.25, -0.2) is 4.79 Å². The summed E-state index contributed by atoms with van der Waals surface area (Å²) in [6, 6.07) is 10.2. The molecule has 5 nitrogen and oxygen atoms in total. The summed E-state index contributed by atoms with van der Waals surface area (Å²) >= 11 is 0. The van der Waals surface area contributed by atoms with Crippen LogP contribution in [0.25, 0.3) is 0 Å². The van der Waals surface area contributed by atoms with Crippen LogP contribution in [-0.2, 0) is 16.1 Å². The number of nitrogens with zero attached hydrogens (tertiary/aromatic N) is 1. The Labute approximate surface area is 139 Å². The summed E-state index contributed by atoms with van der Waals surface area (Å²) in [7, 11) is 0. The van der Waals surface area contributed by atoms with Gasteiger partial charge < -0.3 is 19.7 Å². The van der Waals surface area contributed by atoms with Crippen LogP contribution >= 0.6 is 0 Å². The van der Waals surface area contributed by atoms with Crippen LogP contribution in [0, 0.1) is 0 Å². The molecule has 1 saturated heterocycles. The third-order valence-electron chi connectivity index (χ3n) is 3.95. The lowest BCUT2D eigenvalue weighted by molar-refractivity contribution is -0.0208. The zero-order valence-corrected chi connectivity index (χ0v) is 14.0. The smallest absolute Gasteiger partial charge is 0.317 e. The van der Waals surface area contributed by atoms with Crippen LogP contribution in [-0.4, -0.2) is 49.9 Å². The van der Waals surface area contributed by atoms with E-state index in [1.54, 1.807) is 0 Å². The maximum Gasteiger partial charge on any atom is 0.317 e. The lowest BCUT2D eigenvalue weighted by atomic mass is 10.1. The van der Waals surface area contributed by atoms with Crippen LogP contribution in [0.3, 0.4) is 0 Å². The van der Waals surface area contributed by atoms with Crippen molar-refractivity contribution < 1.29 is 14.3 Å². The zero-order chi connectivity index (χ0) is 16.3. The molecule has 0 atom stereocenters. The number of carbonyl (C=O) groups is 1. The first-order valence-electron chi connectivity index (χ1n) is 8.55. The monoisotopic (exact) mass is 320 g/mol. The number of ether oxygens (including phenoxy) is 2. The molecule has 5 heteroatoms. The number of rotatable bonds is 8. The molecule has 1 aliphatic heterocycles. The maximum atomic E-state index is 11.9. The molecule has 1 aromatic carbocycles. The summed E-state index contributed by atoms with van der Waals surface area (Å²) in [6.45, 7) is 6.18. The van der Waals surface area contributed by atoms with Gasteiger partial charge >= 0.3 is 6.03 Å². The average molecular weight is 320 g/mol. The highest BCUT2D eigenvalue weighted by atomic mass is 16.5. The molecule has 0 spiro atoms. The SMILES string of the molecule is CCCNC(=O)N1CCC(OCCOCc2ccccc2)CC1. The first-order valence-corrected chi connectivity index (χ1v) is 8.55. The van der Waals surface area contributed by atoms with Crippen LogP contribution in [0.1, 0.15) is 31.7 Å². The third kappa shape index (κ3) is 6.59. The van der Waals surface area contributed by atoms with Crippen LogP contribution in [0.2, 0.25) is 0 Å². The number of benzene rings is 1. The lowest BCUT2D eigenvalue weighted by Crippen LogP contribution is -2.46. The fraction of sp³-hybridized carbons (Fsp3) is 0.611. The molecule has 23 heavy (non-hydrogen) atoms. The molecule has 0 aromatic heterocycles. The van der Waals surface area contributed by atoms with E-state index in [-0.39, 0.29) is 12.1 Å². The Morgan fingerprint density at radius 3 is 2.65 bits per heavy atom. The van der Waals surface area contributed by atoms with Crippen molar-refractivity contribution in [3.8, 4) is 0 Å². The largest absolute Gasteiger partial charge is 0.376 e. The standard InChI is InChI=1S/C18H28N2O3/c1-2-10-19-18(21)20-11-8-17(9-12-20)23-14-13-22-15-16-6-4-3-5-7-16/h3-7,17H,2,8-15H2,1H3,(H,19,21). The van der Waals surface area contributed by atoms with Gasteiger partial charge in [-0.2, -0.15) is 0 Å². The van der Waals surface area contributed by atoms with Crippen molar-refractivity contribution in [2.24, 2.45) is 0 Å². The van der Waals surface area contributed by atoms with Crippen LogP contribution in [0.4, 0.5) is 4.79 Å². The molecule has 0 unspecified atom stereocenters. The Bertz CT molecular complexity index is 445. The number of hydrogen-bond donors (Lipinski definition) is 1. The van der Waals surface area contributed by atoms with Gasteiger partial charge in [0.15, 0.2) is 0 Å². The molecule has 0 radical (unpaired) electrons. The Morgan fingerprint density at radius 2 is 1.96 bits per heavy atom. The number of urea groups is 1. The molecule has 0 aliphatic carbocycles. The van der Waals surface area contributed by atoms with E-state index in [2.05, 4.69) is 24.4 Å². The molecule has 0 bridgehead atoms. The number of amides is 2. The molecular formula is C18H28N2O3. The summed E-state index contributed by atoms with van der Waals surface area (Å²) in [5.41, 5.74) is 1.18. The lowest BCUT2D eigenvalue weighted by Gasteiger charge is -2.32. The van der Waals surface area contributed by atoms with E-state index in [4.69, 9.17) is 9.47 Å². The quantitative estimate of drug-likeness (QED) is 0.749. The molecule has 128 valence electrons. The van der Waals surface area contributed by atoms with E-state index in [0.717, 1.165) is 38.9 Å². The molecule has 1 aliphatic rings. The second kappa shape index (κ2) is 10.2. The van der Waals surface area contributed by atoms with Gasteiger partial charge in [0, 0.05) is 19.6 Å². The number of hydrogen-bond acceptors (Lipinski definition) is 3. The predicted molar refractivity (Wildman–Crippen MR) is 90.3 cm³/mol. The molecule has 1 heterocycles. The maximum absolute atomic E-state index is 11.9. The molecule has 1 fully saturated rings.